The topological polar surface area (TPSA) is 49.9 Å². The highest BCUT2D eigenvalue weighted by Crippen LogP contribution is 2.58. The predicted molar refractivity (Wildman–Crippen MR) is 76.7 cm³/mol. The maximum absolute atomic E-state index is 13.1. The van der Waals surface area contributed by atoms with Gasteiger partial charge in [-0.2, -0.15) is 13.2 Å². The number of carbonyl (C=O) groups excluding carboxylic acids is 2. The van der Waals surface area contributed by atoms with Crippen LogP contribution in [0.3, 0.4) is 0 Å². The predicted octanol–water partition coefficient (Wildman–Crippen LogP) is 2.80. The summed E-state index contributed by atoms with van der Waals surface area (Å²) in [6.07, 6.45) is -5.30. The van der Waals surface area contributed by atoms with Gasteiger partial charge in [-0.25, -0.2) is 4.79 Å². The molecule has 0 bridgehead atoms. The molecular formula is C15H23F3N2O3. The van der Waals surface area contributed by atoms with E-state index in [1.807, 2.05) is 0 Å². The van der Waals surface area contributed by atoms with Crippen LogP contribution in [0.5, 0.6) is 0 Å². The number of alkyl halides is 3. The number of hydrogen-bond acceptors (Lipinski definition) is 3. The van der Waals surface area contributed by atoms with E-state index in [9.17, 15) is 22.8 Å². The van der Waals surface area contributed by atoms with Gasteiger partial charge in [0.05, 0.1) is 0 Å². The Balaban J connectivity index is 2.00. The highest BCUT2D eigenvalue weighted by atomic mass is 19.4. The lowest BCUT2D eigenvalue weighted by Crippen LogP contribution is -2.58. The van der Waals surface area contributed by atoms with E-state index in [4.69, 9.17) is 4.74 Å². The standard InChI is InChI=1S/C15H23F3N2O3/c1-10-9-19(12(22)23-13(2,3)4)7-8-20(10)11(21)14(5-6-14)15(16,17)18/h10H,5-9H2,1-4H3. The average molecular weight is 336 g/mol. The monoisotopic (exact) mass is 336 g/mol. The van der Waals surface area contributed by atoms with Crippen molar-refractivity contribution in [2.75, 3.05) is 19.6 Å². The summed E-state index contributed by atoms with van der Waals surface area (Å²) < 4.78 is 44.5. The van der Waals surface area contributed by atoms with E-state index in [-0.39, 0.29) is 32.5 Å². The van der Waals surface area contributed by atoms with Gasteiger partial charge in [-0.15, -0.1) is 0 Å². The molecule has 0 spiro atoms. The second-order valence-corrected chi connectivity index (χ2v) is 7.35. The van der Waals surface area contributed by atoms with Gasteiger partial charge in [0.25, 0.3) is 0 Å². The van der Waals surface area contributed by atoms with Crippen molar-refractivity contribution in [1.29, 1.82) is 0 Å². The van der Waals surface area contributed by atoms with Crippen molar-refractivity contribution < 1.29 is 27.5 Å². The van der Waals surface area contributed by atoms with Gasteiger partial charge >= 0.3 is 12.3 Å². The molecule has 2 amide bonds. The van der Waals surface area contributed by atoms with Gasteiger partial charge in [-0.1, -0.05) is 0 Å². The summed E-state index contributed by atoms with van der Waals surface area (Å²) in [5.74, 6) is -0.860. The van der Waals surface area contributed by atoms with Crippen LogP contribution in [0.15, 0.2) is 0 Å². The lowest BCUT2D eigenvalue weighted by atomic mass is 10.0. The third-order valence-electron chi connectivity index (χ3n) is 4.24. The molecule has 132 valence electrons. The number of halogens is 3. The summed E-state index contributed by atoms with van der Waals surface area (Å²) in [7, 11) is 0. The number of ether oxygens (including phenoxy) is 1. The molecule has 2 fully saturated rings. The highest BCUT2D eigenvalue weighted by Gasteiger charge is 2.69. The van der Waals surface area contributed by atoms with Crippen LogP contribution in [0.25, 0.3) is 0 Å². The largest absolute Gasteiger partial charge is 0.444 e. The maximum Gasteiger partial charge on any atom is 0.410 e. The normalized spacial score (nSPS) is 24.4. The Morgan fingerprint density at radius 2 is 1.70 bits per heavy atom. The molecule has 1 saturated carbocycles. The molecule has 2 rings (SSSR count). The Hall–Kier alpha value is -1.47. The van der Waals surface area contributed by atoms with Crippen LogP contribution < -0.4 is 0 Å². The zero-order valence-corrected chi connectivity index (χ0v) is 13.9. The first kappa shape index (κ1) is 17.9. The third-order valence-corrected chi connectivity index (χ3v) is 4.24. The van der Waals surface area contributed by atoms with Gasteiger partial charge < -0.3 is 14.5 Å². The zero-order chi connectivity index (χ0) is 17.6. The van der Waals surface area contributed by atoms with E-state index in [0.717, 1.165) is 0 Å². The maximum atomic E-state index is 13.1. The minimum atomic E-state index is -4.51. The van der Waals surface area contributed by atoms with Gasteiger partial charge in [0.1, 0.15) is 11.0 Å². The third kappa shape index (κ3) is 3.55. The molecule has 2 aliphatic rings. The zero-order valence-electron chi connectivity index (χ0n) is 13.9. The first-order valence-corrected chi connectivity index (χ1v) is 7.73. The highest BCUT2D eigenvalue weighted by molar-refractivity contribution is 5.87. The van der Waals surface area contributed by atoms with Crippen LogP contribution in [0.4, 0.5) is 18.0 Å². The molecule has 1 atom stereocenters. The van der Waals surface area contributed by atoms with Crippen molar-refractivity contribution in [3.63, 3.8) is 0 Å². The van der Waals surface area contributed by atoms with E-state index < -0.39 is 35.2 Å². The molecule has 1 unspecified atom stereocenters. The van der Waals surface area contributed by atoms with E-state index >= 15 is 0 Å². The number of piperazine rings is 1. The number of rotatable bonds is 1. The minimum absolute atomic E-state index is 0.0943. The lowest BCUT2D eigenvalue weighted by Gasteiger charge is -2.41. The molecule has 1 aliphatic heterocycles. The molecule has 8 heteroatoms. The van der Waals surface area contributed by atoms with Crippen molar-refractivity contribution in [3.8, 4) is 0 Å². The quantitative estimate of drug-likeness (QED) is 0.740. The Morgan fingerprint density at radius 3 is 2.09 bits per heavy atom. The summed E-state index contributed by atoms with van der Waals surface area (Å²) in [4.78, 5) is 27.0. The lowest BCUT2D eigenvalue weighted by molar-refractivity contribution is -0.200. The summed E-state index contributed by atoms with van der Waals surface area (Å²) >= 11 is 0. The van der Waals surface area contributed by atoms with Crippen LogP contribution in [-0.4, -0.2) is 59.3 Å². The van der Waals surface area contributed by atoms with Gasteiger partial charge in [0, 0.05) is 25.7 Å². The molecule has 0 aromatic heterocycles. The number of hydrogen-bond donors (Lipinski definition) is 0. The molecule has 0 radical (unpaired) electrons. The summed E-state index contributed by atoms with van der Waals surface area (Å²) in [5.41, 5.74) is -2.84. The number of nitrogens with zero attached hydrogens (tertiary/aromatic N) is 2. The number of carbonyl (C=O) groups is 2. The van der Waals surface area contributed by atoms with Crippen molar-refractivity contribution in [2.24, 2.45) is 5.41 Å². The molecule has 1 aliphatic carbocycles. The van der Waals surface area contributed by atoms with Crippen molar-refractivity contribution in [1.82, 2.24) is 9.80 Å². The molecule has 1 saturated heterocycles. The van der Waals surface area contributed by atoms with Gasteiger partial charge in [0.15, 0.2) is 0 Å². The van der Waals surface area contributed by atoms with Crippen LogP contribution in [0, 0.1) is 5.41 Å². The SMILES string of the molecule is CC1CN(C(=O)OC(C)(C)C)CCN1C(=O)C1(C(F)(F)F)CC1. The fraction of sp³-hybridized carbons (Fsp3) is 0.867. The van der Waals surface area contributed by atoms with Crippen LogP contribution in [0.2, 0.25) is 0 Å². The molecule has 0 N–H and O–H groups in total. The molecule has 1 heterocycles. The van der Waals surface area contributed by atoms with Gasteiger partial charge in [0.2, 0.25) is 5.91 Å². The summed E-state index contributed by atoms with van der Waals surface area (Å²) in [5, 5.41) is 0. The Morgan fingerprint density at radius 1 is 1.13 bits per heavy atom. The fourth-order valence-electron chi connectivity index (χ4n) is 2.77. The Bertz CT molecular complexity index is 495. The molecule has 0 aromatic rings. The molecular weight excluding hydrogens is 313 g/mol. The first-order chi connectivity index (χ1) is 10.4. The van der Waals surface area contributed by atoms with E-state index in [1.54, 1.807) is 27.7 Å². The first-order valence-electron chi connectivity index (χ1n) is 7.73. The minimum Gasteiger partial charge on any atom is -0.444 e. The van der Waals surface area contributed by atoms with E-state index in [2.05, 4.69) is 0 Å². The molecule has 5 nitrogen and oxygen atoms in total. The second-order valence-electron chi connectivity index (χ2n) is 7.35. The summed E-state index contributed by atoms with van der Waals surface area (Å²) in [6, 6.07) is -0.469. The smallest absolute Gasteiger partial charge is 0.410 e. The molecule has 23 heavy (non-hydrogen) atoms. The van der Waals surface area contributed by atoms with E-state index in [1.165, 1.54) is 9.80 Å². The van der Waals surface area contributed by atoms with Gasteiger partial charge in [-0.05, 0) is 40.5 Å². The van der Waals surface area contributed by atoms with Crippen LogP contribution in [-0.2, 0) is 9.53 Å². The fourth-order valence-corrected chi connectivity index (χ4v) is 2.77. The Labute approximate surface area is 133 Å². The van der Waals surface area contributed by atoms with Gasteiger partial charge in [-0.3, -0.25) is 4.79 Å². The van der Waals surface area contributed by atoms with Crippen molar-refractivity contribution in [2.45, 2.75) is 58.4 Å². The number of amides is 2. The van der Waals surface area contributed by atoms with E-state index in [0.29, 0.717) is 0 Å². The van der Waals surface area contributed by atoms with Crippen LogP contribution in [0.1, 0.15) is 40.5 Å². The van der Waals surface area contributed by atoms with Crippen molar-refractivity contribution in [3.05, 3.63) is 0 Å². The Kier molecular flexibility index (Phi) is 4.32. The average Bonchev–Trinajstić information content (AvgIpc) is 3.16. The van der Waals surface area contributed by atoms with Crippen molar-refractivity contribution >= 4 is 12.0 Å². The molecule has 0 aromatic carbocycles. The second kappa shape index (κ2) is 5.56. The summed E-state index contributed by atoms with van der Waals surface area (Å²) in [6.45, 7) is 7.34. The van der Waals surface area contributed by atoms with Crippen LogP contribution >= 0.6 is 0 Å².